The zero-order valence-corrected chi connectivity index (χ0v) is 17.8. The van der Waals surface area contributed by atoms with Crippen molar-refractivity contribution >= 4 is 23.1 Å². The summed E-state index contributed by atoms with van der Waals surface area (Å²) in [5.41, 5.74) is 6.31. The SMILES string of the molecule is C.C=Cc1c(/C=C\C)[nH]c2cc(Oc3cccc(-n4cc(-c5ccccc5)cn4)c3)ccc12. The van der Waals surface area contributed by atoms with E-state index in [1.807, 2.05) is 90.7 Å². The Morgan fingerprint density at radius 1 is 0.939 bits per heavy atom. The summed E-state index contributed by atoms with van der Waals surface area (Å²) in [7, 11) is 0. The standard InChI is InChI=1S/C28H23N3O.CH4/c1-3-9-27-25(4-2)26-15-14-24(17-28(26)30-27)32-23-13-8-12-22(16-23)31-19-21(18-29-31)20-10-6-5-7-11-20;/h3-19,30H,2H2,1H3;1H4/b9-3-;. The fraction of sp³-hybridized carbons (Fsp3) is 0.0690. The zero-order valence-electron chi connectivity index (χ0n) is 17.8. The number of benzene rings is 3. The molecule has 0 saturated heterocycles. The van der Waals surface area contributed by atoms with Gasteiger partial charge >= 0.3 is 0 Å². The van der Waals surface area contributed by atoms with Crippen molar-refractivity contribution in [2.75, 3.05) is 0 Å². The molecule has 0 aliphatic heterocycles. The fourth-order valence-corrected chi connectivity index (χ4v) is 3.87. The molecule has 0 unspecified atom stereocenters. The minimum Gasteiger partial charge on any atom is -0.457 e. The van der Waals surface area contributed by atoms with Crippen molar-refractivity contribution in [3.05, 3.63) is 109 Å². The molecule has 5 aromatic rings. The van der Waals surface area contributed by atoms with E-state index in [4.69, 9.17) is 4.74 Å². The van der Waals surface area contributed by atoms with Gasteiger partial charge in [-0.2, -0.15) is 5.10 Å². The Hall–Kier alpha value is -4.31. The summed E-state index contributed by atoms with van der Waals surface area (Å²) in [6, 6.07) is 24.2. The van der Waals surface area contributed by atoms with Crippen molar-refractivity contribution in [1.29, 1.82) is 0 Å². The van der Waals surface area contributed by atoms with Crippen LogP contribution in [0.5, 0.6) is 11.5 Å². The van der Waals surface area contributed by atoms with Gasteiger partial charge in [0.25, 0.3) is 0 Å². The van der Waals surface area contributed by atoms with E-state index in [0.29, 0.717) is 0 Å². The number of ether oxygens (including phenoxy) is 1. The van der Waals surface area contributed by atoms with Gasteiger partial charge in [0.1, 0.15) is 11.5 Å². The van der Waals surface area contributed by atoms with Crippen molar-refractivity contribution in [3.8, 4) is 28.3 Å². The average Bonchev–Trinajstić information content (AvgIpc) is 3.45. The van der Waals surface area contributed by atoms with E-state index < -0.39 is 0 Å². The Morgan fingerprint density at radius 3 is 2.55 bits per heavy atom. The smallest absolute Gasteiger partial charge is 0.129 e. The van der Waals surface area contributed by atoms with Crippen molar-refractivity contribution in [2.24, 2.45) is 0 Å². The molecule has 1 N–H and O–H groups in total. The molecule has 5 rings (SSSR count). The van der Waals surface area contributed by atoms with E-state index >= 15 is 0 Å². The summed E-state index contributed by atoms with van der Waals surface area (Å²) in [5, 5.41) is 5.66. The van der Waals surface area contributed by atoms with E-state index in [-0.39, 0.29) is 7.43 Å². The van der Waals surface area contributed by atoms with Gasteiger partial charge in [-0.3, -0.25) is 0 Å². The third-order valence-electron chi connectivity index (χ3n) is 5.39. The normalized spacial score (nSPS) is 10.9. The lowest BCUT2D eigenvalue weighted by atomic mass is 10.1. The number of fused-ring (bicyclic) bond motifs is 1. The molecular formula is C29H27N3O. The first-order chi connectivity index (χ1) is 15.7. The molecule has 33 heavy (non-hydrogen) atoms. The number of allylic oxidation sites excluding steroid dienone is 1. The molecular weight excluding hydrogens is 406 g/mol. The number of rotatable bonds is 6. The lowest BCUT2D eigenvalue weighted by Gasteiger charge is -2.08. The monoisotopic (exact) mass is 433 g/mol. The molecule has 4 heteroatoms. The molecule has 0 aliphatic rings. The fourth-order valence-electron chi connectivity index (χ4n) is 3.87. The molecule has 0 spiro atoms. The van der Waals surface area contributed by atoms with Crippen LogP contribution < -0.4 is 4.74 Å². The Kier molecular flexibility index (Phi) is 6.27. The third kappa shape index (κ3) is 4.37. The highest BCUT2D eigenvalue weighted by atomic mass is 16.5. The maximum absolute atomic E-state index is 6.18. The van der Waals surface area contributed by atoms with Gasteiger partial charge in [0.05, 0.1) is 17.4 Å². The number of nitrogens with zero attached hydrogens (tertiary/aromatic N) is 2. The lowest BCUT2D eigenvalue weighted by molar-refractivity contribution is 0.483. The Bertz CT molecular complexity index is 1420. The van der Waals surface area contributed by atoms with Gasteiger partial charge in [-0.05, 0) is 42.8 Å². The van der Waals surface area contributed by atoms with Crippen LogP contribution in [0, 0.1) is 0 Å². The van der Waals surface area contributed by atoms with Gasteiger partial charge in [-0.15, -0.1) is 0 Å². The molecule has 2 aromatic heterocycles. The van der Waals surface area contributed by atoms with Crippen molar-refractivity contribution in [2.45, 2.75) is 14.4 Å². The topological polar surface area (TPSA) is 42.8 Å². The third-order valence-corrected chi connectivity index (χ3v) is 5.39. The van der Waals surface area contributed by atoms with E-state index in [9.17, 15) is 0 Å². The van der Waals surface area contributed by atoms with E-state index in [1.165, 1.54) is 0 Å². The first-order valence-corrected chi connectivity index (χ1v) is 10.5. The first kappa shape index (κ1) is 21.9. The van der Waals surface area contributed by atoms with Gasteiger partial charge in [0.2, 0.25) is 0 Å². The molecule has 0 aliphatic carbocycles. The number of aromatic nitrogens is 3. The molecule has 0 amide bonds. The minimum atomic E-state index is 0. The van der Waals surface area contributed by atoms with Crippen molar-refractivity contribution in [3.63, 3.8) is 0 Å². The Balaban J connectivity index is 0.00000259. The van der Waals surface area contributed by atoms with E-state index in [2.05, 4.69) is 40.9 Å². The average molecular weight is 434 g/mol. The van der Waals surface area contributed by atoms with E-state index in [0.717, 1.165) is 50.5 Å². The van der Waals surface area contributed by atoms with Crippen LogP contribution in [-0.2, 0) is 0 Å². The zero-order chi connectivity index (χ0) is 21.9. The second-order valence-corrected chi connectivity index (χ2v) is 7.50. The van der Waals surface area contributed by atoms with Crippen molar-refractivity contribution < 1.29 is 4.74 Å². The van der Waals surface area contributed by atoms with Gasteiger partial charge in [0, 0.05) is 40.5 Å². The second kappa shape index (κ2) is 9.45. The van der Waals surface area contributed by atoms with Gasteiger partial charge in [-0.1, -0.05) is 62.6 Å². The predicted molar refractivity (Wildman–Crippen MR) is 139 cm³/mol. The van der Waals surface area contributed by atoms with Crippen LogP contribution in [0.4, 0.5) is 0 Å². The second-order valence-electron chi connectivity index (χ2n) is 7.50. The summed E-state index contributed by atoms with van der Waals surface area (Å²) in [6.07, 6.45) is 9.85. The molecule has 2 heterocycles. The highest BCUT2D eigenvalue weighted by molar-refractivity contribution is 5.93. The number of nitrogens with one attached hydrogen (secondary N) is 1. The van der Waals surface area contributed by atoms with Crippen LogP contribution >= 0.6 is 0 Å². The number of H-pyrrole nitrogens is 1. The van der Waals surface area contributed by atoms with Crippen LogP contribution in [0.15, 0.2) is 97.8 Å². The quantitative estimate of drug-likeness (QED) is 0.294. The minimum absolute atomic E-state index is 0. The summed E-state index contributed by atoms with van der Waals surface area (Å²) >= 11 is 0. The first-order valence-electron chi connectivity index (χ1n) is 10.5. The summed E-state index contributed by atoms with van der Waals surface area (Å²) in [6.45, 7) is 5.95. The lowest BCUT2D eigenvalue weighted by Crippen LogP contribution is -1.94. The van der Waals surface area contributed by atoms with Crippen LogP contribution in [0.3, 0.4) is 0 Å². The van der Waals surface area contributed by atoms with Crippen LogP contribution in [-0.4, -0.2) is 14.8 Å². The van der Waals surface area contributed by atoms with Crippen LogP contribution in [0.1, 0.15) is 25.6 Å². The molecule has 0 radical (unpaired) electrons. The molecule has 0 bridgehead atoms. The molecule has 0 fully saturated rings. The summed E-state index contributed by atoms with van der Waals surface area (Å²) < 4.78 is 8.04. The molecule has 0 atom stereocenters. The Morgan fingerprint density at radius 2 is 1.76 bits per heavy atom. The summed E-state index contributed by atoms with van der Waals surface area (Å²) in [4.78, 5) is 3.45. The molecule has 164 valence electrons. The number of hydrogen-bond acceptors (Lipinski definition) is 2. The number of hydrogen-bond donors (Lipinski definition) is 1. The molecule has 3 aromatic carbocycles. The maximum atomic E-state index is 6.18. The predicted octanol–water partition coefficient (Wildman–Crippen LogP) is 8.13. The summed E-state index contributed by atoms with van der Waals surface area (Å²) in [5.74, 6) is 1.52. The Labute approximate surface area is 194 Å². The van der Waals surface area contributed by atoms with Crippen LogP contribution in [0.25, 0.3) is 39.9 Å². The van der Waals surface area contributed by atoms with Crippen LogP contribution in [0.2, 0.25) is 0 Å². The number of aromatic amines is 1. The largest absolute Gasteiger partial charge is 0.457 e. The highest BCUT2D eigenvalue weighted by Crippen LogP contribution is 2.31. The molecule has 0 saturated carbocycles. The maximum Gasteiger partial charge on any atom is 0.129 e. The van der Waals surface area contributed by atoms with Gasteiger partial charge in [-0.25, -0.2) is 4.68 Å². The van der Waals surface area contributed by atoms with Gasteiger partial charge < -0.3 is 9.72 Å². The van der Waals surface area contributed by atoms with Crippen molar-refractivity contribution in [1.82, 2.24) is 14.8 Å². The highest BCUT2D eigenvalue weighted by Gasteiger charge is 2.09. The van der Waals surface area contributed by atoms with E-state index in [1.54, 1.807) is 0 Å². The molecule has 4 nitrogen and oxygen atoms in total. The van der Waals surface area contributed by atoms with Gasteiger partial charge in [0.15, 0.2) is 0 Å².